The second-order valence-corrected chi connectivity index (χ2v) is 6.18. The van der Waals surface area contributed by atoms with Crippen LogP contribution in [0.1, 0.15) is 24.0 Å². The van der Waals surface area contributed by atoms with Gasteiger partial charge in [0.05, 0.1) is 19.1 Å². The van der Waals surface area contributed by atoms with Gasteiger partial charge < -0.3 is 10.2 Å². The fourth-order valence-electron chi connectivity index (χ4n) is 3.26. The van der Waals surface area contributed by atoms with E-state index in [1.807, 2.05) is 0 Å². The second-order valence-electron chi connectivity index (χ2n) is 6.18. The quantitative estimate of drug-likeness (QED) is 0.816. The molecule has 0 atom stereocenters. The molecule has 3 N–H and O–H groups in total. The summed E-state index contributed by atoms with van der Waals surface area (Å²) < 4.78 is 0. The van der Waals surface area contributed by atoms with Crippen molar-refractivity contribution in [1.29, 1.82) is 0 Å². The van der Waals surface area contributed by atoms with Gasteiger partial charge in [0, 0.05) is 24.0 Å². The van der Waals surface area contributed by atoms with E-state index in [4.69, 9.17) is 0 Å². The van der Waals surface area contributed by atoms with Crippen molar-refractivity contribution < 1.29 is 10.2 Å². The van der Waals surface area contributed by atoms with Gasteiger partial charge in [0.1, 0.15) is 13.1 Å². The van der Waals surface area contributed by atoms with Gasteiger partial charge in [0.25, 0.3) is 0 Å². The van der Waals surface area contributed by atoms with Crippen LogP contribution >= 0.6 is 0 Å². The van der Waals surface area contributed by atoms with Crippen LogP contribution in [0.15, 0.2) is 60.7 Å². The molecule has 0 aliphatic carbocycles. The summed E-state index contributed by atoms with van der Waals surface area (Å²) in [5.41, 5.74) is 2.91. The highest BCUT2D eigenvalue weighted by atomic mass is 15.1. The third-order valence-electron chi connectivity index (χ3n) is 4.56. The first-order valence-electron chi connectivity index (χ1n) is 8.15. The van der Waals surface area contributed by atoms with Crippen LogP contribution in [0.3, 0.4) is 0 Å². The molecular formula is C19H26N2+2. The molecule has 1 heterocycles. The van der Waals surface area contributed by atoms with Crippen LogP contribution in [0, 0.1) is 0 Å². The van der Waals surface area contributed by atoms with Gasteiger partial charge in [-0.3, -0.25) is 0 Å². The van der Waals surface area contributed by atoms with E-state index in [1.165, 1.54) is 43.6 Å². The Balaban J connectivity index is 1.41. The Hall–Kier alpha value is -1.64. The van der Waals surface area contributed by atoms with Gasteiger partial charge in [-0.25, -0.2) is 0 Å². The normalized spacial score (nSPS) is 22.1. The zero-order chi connectivity index (χ0) is 14.3. The highest BCUT2D eigenvalue weighted by molar-refractivity contribution is 5.13. The summed E-state index contributed by atoms with van der Waals surface area (Å²) in [6.45, 7) is 4.93. The predicted octanol–water partition coefficient (Wildman–Crippen LogP) is 0.998. The molecule has 1 aliphatic rings. The lowest BCUT2D eigenvalue weighted by Crippen LogP contribution is -3.13. The van der Waals surface area contributed by atoms with E-state index in [0.29, 0.717) is 0 Å². The van der Waals surface area contributed by atoms with E-state index in [2.05, 4.69) is 66.0 Å². The first-order valence-corrected chi connectivity index (χ1v) is 8.15. The molecule has 21 heavy (non-hydrogen) atoms. The van der Waals surface area contributed by atoms with Gasteiger partial charge in [0.15, 0.2) is 0 Å². The van der Waals surface area contributed by atoms with Gasteiger partial charge in [-0.2, -0.15) is 0 Å². The summed E-state index contributed by atoms with van der Waals surface area (Å²) in [4.78, 5) is 1.74. The molecule has 0 saturated carbocycles. The molecule has 0 amide bonds. The minimum atomic E-state index is 0.810. The number of likely N-dealkylation sites (tertiary alicyclic amines) is 1. The lowest BCUT2D eigenvalue weighted by molar-refractivity contribution is -0.926. The van der Waals surface area contributed by atoms with Gasteiger partial charge in [0.2, 0.25) is 0 Å². The average Bonchev–Trinajstić information content (AvgIpc) is 2.56. The third kappa shape index (κ3) is 4.42. The van der Waals surface area contributed by atoms with Crippen molar-refractivity contribution in [2.24, 2.45) is 0 Å². The molecule has 0 radical (unpaired) electrons. The maximum Gasteiger partial charge on any atom is 0.103 e. The first-order chi connectivity index (χ1) is 10.4. The van der Waals surface area contributed by atoms with Crippen molar-refractivity contribution in [2.75, 3.05) is 13.1 Å². The molecule has 3 rings (SSSR count). The predicted molar refractivity (Wildman–Crippen MR) is 85.9 cm³/mol. The SMILES string of the molecule is c1ccc(C[NH2+]C2CC[NH+](Cc3ccccc3)CC2)cc1. The van der Waals surface area contributed by atoms with Crippen molar-refractivity contribution in [3.8, 4) is 0 Å². The van der Waals surface area contributed by atoms with E-state index in [0.717, 1.165) is 12.6 Å². The Morgan fingerprint density at radius 2 is 1.38 bits per heavy atom. The van der Waals surface area contributed by atoms with E-state index in [1.54, 1.807) is 4.90 Å². The molecule has 2 heteroatoms. The molecule has 0 unspecified atom stereocenters. The molecule has 110 valence electrons. The molecular weight excluding hydrogens is 256 g/mol. The molecule has 0 spiro atoms. The van der Waals surface area contributed by atoms with E-state index < -0.39 is 0 Å². The van der Waals surface area contributed by atoms with Crippen molar-refractivity contribution in [3.05, 3.63) is 71.8 Å². The number of quaternary nitrogens is 2. The zero-order valence-electron chi connectivity index (χ0n) is 12.7. The Kier molecular flexibility index (Phi) is 5.03. The van der Waals surface area contributed by atoms with Gasteiger partial charge in [-0.15, -0.1) is 0 Å². The van der Waals surface area contributed by atoms with Gasteiger partial charge in [-0.05, 0) is 0 Å². The average molecular weight is 282 g/mol. The molecule has 0 bridgehead atoms. The minimum Gasteiger partial charge on any atom is -0.340 e. The Morgan fingerprint density at radius 1 is 0.810 bits per heavy atom. The summed E-state index contributed by atoms with van der Waals surface area (Å²) in [6.07, 6.45) is 2.68. The molecule has 2 aromatic carbocycles. The third-order valence-corrected chi connectivity index (χ3v) is 4.56. The minimum absolute atomic E-state index is 0.810. The van der Waals surface area contributed by atoms with Gasteiger partial charge in [-0.1, -0.05) is 60.7 Å². The number of piperidine rings is 1. The zero-order valence-corrected chi connectivity index (χ0v) is 12.7. The van der Waals surface area contributed by atoms with Crippen molar-refractivity contribution in [1.82, 2.24) is 0 Å². The van der Waals surface area contributed by atoms with Crippen LogP contribution in [0.2, 0.25) is 0 Å². The van der Waals surface area contributed by atoms with Crippen molar-refractivity contribution in [2.45, 2.75) is 32.0 Å². The fourth-order valence-corrected chi connectivity index (χ4v) is 3.26. The standard InChI is InChI=1S/C19H24N2/c1-3-7-17(8-4-1)15-20-19-11-13-21(14-12-19)16-18-9-5-2-6-10-18/h1-10,19-20H,11-16H2/p+2. The molecule has 2 nitrogen and oxygen atoms in total. The Morgan fingerprint density at radius 3 is 2.00 bits per heavy atom. The van der Waals surface area contributed by atoms with Gasteiger partial charge >= 0.3 is 0 Å². The number of rotatable bonds is 5. The molecule has 1 aliphatic heterocycles. The highest BCUT2D eigenvalue weighted by Gasteiger charge is 2.24. The topological polar surface area (TPSA) is 21.1 Å². The highest BCUT2D eigenvalue weighted by Crippen LogP contribution is 2.00. The smallest absolute Gasteiger partial charge is 0.103 e. The molecule has 2 aromatic rings. The molecule has 0 aromatic heterocycles. The number of nitrogens with one attached hydrogen (secondary N) is 1. The summed E-state index contributed by atoms with van der Waals surface area (Å²) in [6, 6.07) is 22.5. The van der Waals surface area contributed by atoms with Crippen LogP contribution in [-0.4, -0.2) is 19.1 Å². The lowest BCUT2D eigenvalue weighted by Gasteiger charge is -2.28. The van der Waals surface area contributed by atoms with Crippen molar-refractivity contribution in [3.63, 3.8) is 0 Å². The number of hydrogen-bond donors (Lipinski definition) is 2. The first kappa shape index (κ1) is 14.3. The van der Waals surface area contributed by atoms with E-state index in [9.17, 15) is 0 Å². The van der Waals surface area contributed by atoms with Crippen LogP contribution in [0.4, 0.5) is 0 Å². The summed E-state index contributed by atoms with van der Waals surface area (Å²) in [5, 5.41) is 2.54. The Bertz CT molecular complexity index is 516. The van der Waals surface area contributed by atoms with E-state index in [-0.39, 0.29) is 0 Å². The maximum atomic E-state index is 2.54. The number of nitrogens with two attached hydrogens (primary N) is 1. The summed E-state index contributed by atoms with van der Waals surface area (Å²) >= 11 is 0. The maximum absolute atomic E-state index is 2.54. The summed E-state index contributed by atoms with van der Waals surface area (Å²) in [5.74, 6) is 0. The lowest BCUT2D eigenvalue weighted by atomic mass is 10.0. The van der Waals surface area contributed by atoms with Crippen LogP contribution < -0.4 is 10.2 Å². The van der Waals surface area contributed by atoms with E-state index >= 15 is 0 Å². The monoisotopic (exact) mass is 282 g/mol. The summed E-state index contributed by atoms with van der Waals surface area (Å²) in [7, 11) is 0. The van der Waals surface area contributed by atoms with Crippen LogP contribution in [0.25, 0.3) is 0 Å². The van der Waals surface area contributed by atoms with Crippen LogP contribution in [-0.2, 0) is 13.1 Å². The van der Waals surface area contributed by atoms with Crippen LogP contribution in [0.5, 0.6) is 0 Å². The number of benzene rings is 2. The van der Waals surface area contributed by atoms with Crippen molar-refractivity contribution >= 4 is 0 Å². The largest absolute Gasteiger partial charge is 0.340 e. The second kappa shape index (κ2) is 7.39. The molecule has 1 saturated heterocycles. The Labute approximate surface area is 127 Å². The number of hydrogen-bond acceptors (Lipinski definition) is 0. The molecule has 1 fully saturated rings. The fraction of sp³-hybridized carbons (Fsp3) is 0.368.